The lowest BCUT2D eigenvalue weighted by atomic mass is 9.81. The van der Waals surface area contributed by atoms with Crippen molar-refractivity contribution in [1.29, 1.82) is 0 Å². The first kappa shape index (κ1) is 21.1. The van der Waals surface area contributed by atoms with Crippen LogP contribution in [0.25, 0.3) is 0 Å². The number of hydrazine groups is 2. The standard InChI is InChI=1S/C21H30N4O4/c1-3-13(2)18(21(28)29)22-19(26)15-10-8-14(9-11-15)12-25-20(27)16-6-4-5-7-17(16)23-24-25/h4-7,13-15,18,23-24H,3,8-12H2,1-2H3,(H,22,26)(H,28,29)/t13-,14?,15?,18+/m1/s1. The summed E-state index contributed by atoms with van der Waals surface area (Å²) in [4.78, 5) is 36.6. The van der Waals surface area contributed by atoms with Gasteiger partial charge in [-0.1, -0.05) is 32.4 Å². The SMILES string of the molecule is CC[C@@H](C)[C@H](NC(=O)C1CCC(CN2NNc3ccccc3C2=O)CC1)C(=O)O. The van der Waals surface area contributed by atoms with Crippen molar-refractivity contribution in [1.82, 2.24) is 15.9 Å². The second-order valence-electron chi connectivity index (χ2n) is 8.13. The van der Waals surface area contributed by atoms with Crippen molar-refractivity contribution in [3.05, 3.63) is 29.8 Å². The van der Waals surface area contributed by atoms with Gasteiger partial charge in [0.2, 0.25) is 5.91 Å². The van der Waals surface area contributed by atoms with Crippen LogP contribution in [-0.4, -0.2) is 40.5 Å². The lowest BCUT2D eigenvalue weighted by Gasteiger charge is -2.35. The normalized spacial score (nSPS) is 23.5. The number of rotatable bonds is 7. The molecule has 8 heteroatoms. The second kappa shape index (κ2) is 9.26. The van der Waals surface area contributed by atoms with E-state index in [4.69, 9.17) is 0 Å². The van der Waals surface area contributed by atoms with Crippen LogP contribution >= 0.6 is 0 Å². The van der Waals surface area contributed by atoms with Gasteiger partial charge in [0, 0.05) is 12.5 Å². The van der Waals surface area contributed by atoms with Crippen LogP contribution in [0.5, 0.6) is 0 Å². The fraction of sp³-hybridized carbons (Fsp3) is 0.571. The summed E-state index contributed by atoms with van der Waals surface area (Å²) in [6.07, 6.45) is 3.75. The van der Waals surface area contributed by atoms with Crippen molar-refractivity contribution in [2.75, 3.05) is 12.0 Å². The van der Waals surface area contributed by atoms with Gasteiger partial charge >= 0.3 is 5.97 Å². The van der Waals surface area contributed by atoms with E-state index in [9.17, 15) is 19.5 Å². The van der Waals surface area contributed by atoms with E-state index in [-0.39, 0.29) is 23.7 Å². The molecule has 0 bridgehead atoms. The highest BCUT2D eigenvalue weighted by molar-refractivity contribution is 6.00. The van der Waals surface area contributed by atoms with Crippen LogP contribution < -0.4 is 16.3 Å². The van der Waals surface area contributed by atoms with Gasteiger partial charge in [0.15, 0.2) is 0 Å². The smallest absolute Gasteiger partial charge is 0.326 e. The van der Waals surface area contributed by atoms with Crippen molar-refractivity contribution >= 4 is 23.5 Å². The number of nitrogens with one attached hydrogen (secondary N) is 3. The monoisotopic (exact) mass is 402 g/mol. The fourth-order valence-corrected chi connectivity index (χ4v) is 4.05. The van der Waals surface area contributed by atoms with Gasteiger partial charge in [-0.15, -0.1) is 5.53 Å². The predicted molar refractivity (Wildman–Crippen MR) is 109 cm³/mol. The molecular weight excluding hydrogens is 372 g/mol. The van der Waals surface area contributed by atoms with Crippen molar-refractivity contribution < 1.29 is 19.5 Å². The summed E-state index contributed by atoms with van der Waals surface area (Å²) in [5, 5.41) is 13.7. The molecule has 1 heterocycles. The average molecular weight is 402 g/mol. The van der Waals surface area contributed by atoms with Crippen molar-refractivity contribution in [3.63, 3.8) is 0 Å². The van der Waals surface area contributed by atoms with E-state index in [2.05, 4.69) is 16.3 Å². The van der Waals surface area contributed by atoms with Crippen LogP contribution in [0.3, 0.4) is 0 Å². The largest absolute Gasteiger partial charge is 0.480 e. The maximum absolute atomic E-state index is 12.6. The Morgan fingerprint density at radius 1 is 1.24 bits per heavy atom. The summed E-state index contributed by atoms with van der Waals surface area (Å²) < 4.78 is 0. The van der Waals surface area contributed by atoms with Gasteiger partial charge < -0.3 is 15.8 Å². The zero-order valence-electron chi connectivity index (χ0n) is 17.0. The predicted octanol–water partition coefficient (Wildman–Crippen LogP) is 2.40. The molecule has 0 spiro atoms. The molecule has 0 aromatic heterocycles. The Morgan fingerprint density at radius 2 is 1.93 bits per heavy atom. The van der Waals surface area contributed by atoms with Crippen molar-refractivity contribution in [3.8, 4) is 0 Å². The van der Waals surface area contributed by atoms with E-state index in [1.54, 1.807) is 11.1 Å². The Hall–Kier alpha value is -2.61. The number of fused-ring (bicyclic) bond motifs is 1. The van der Waals surface area contributed by atoms with Gasteiger partial charge in [0.1, 0.15) is 6.04 Å². The number of benzene rings is 1. The molecule has 1 saturated carbocycles. The van der Waals surface area contributed by atoms with E-state index in [1.165, 1.54) is 0 Å². The Kier molecular flexibility index (Phi) is 6.74. The quantitative estimate of drug-likeness (QED) is 0.557. The lowest BCUT2D eigenvalue weighted by Crippen LogP contribution is -2.52. The minimum absolute atomic E-state index is 0.0583. The summed E-state index contributed by atoms with van der Waals surface area (Å²) in [7, 11) is 0. The maximum Gasteiger partial charge on any atom is 0.326 e. The number of amides is 2. The van der Waals surface area contributed by atoms with Crippen molar-refractivity contribution in [2.24, 2.45) is 17.8 Å². The summed E-state index contributed by atoms with van der Waals surface area (Å²) in [5.74, 6) is -1.19. The summed E-state index contributed by atoms with van der Waals surface area (Å²) in [5.41, 5.74) is 7.41. The number of hydrogen-bond donors (Lipinski definition) is 4. The number of anilines is 1. The molecule has 158 valence electrons. The van der Waals surface area contributed by atoms with Crippen LogP contribution in [0.15, 0.2) is 24.3 Å². The first-order valence-corrected chi connectivity index (χ1v) is 10.4. The second-order valence-corrected chi connectivity index (χ2v) is 8.13. The van der Waals surface area contributed by atoms with Gasteiger partial charge in [0.05, 0.1) is 11.3 Å². The summed E-state index contributed by atoms with van der Waals surface area (Å²) in [6.45, 7) is 4.32. The molecule has 1 aliphatic carbocycles. The van der Waals surface area contributed by atoms with E-state index < -0.39 is 12.0 Å². The third-order valence-corrected chi connectivity index (χ3v) is 6.16. The molecule has 1 aromatic carbocycles. The molecular formula is C21H30N4O4. The summed E-state index contributed by atoms with van der Waals surface area (Å²) >= 11 is 0. The van der Waals surface area contributed by atoms with Gasteiger partial charge in [-0.3, -0.25) is 14.6 Å². The minimum atomic E-state index is -0.983. The Labute approximate surface area is 171 Å². The molecule has 8 nitrogen and oxygen atoms in total. The fourth-order valence-electron chi connectivity index (χ4n) is 4.05. The number of carbonyl (C=O) groups excluding carboxylic acids is 2. The molecule has 2 aliphatic rings. The van der Waals surface area contributed by atoms with E-state index in [1.807, 2.05) is 32.0 Å². The molecule has 0 unspecified atom stereocenters. The molecule has 1 aromatic rings. The van der Waals surface area contributed by atoms with E-state index in [0.717, 1.165) is 18.5 Å². The number of carbonyl (C=O) groups is 3. The maximum atomic E-state index is 12.6. The highest BCUT2D eigenvalue weighted by Gasteiger charge is 2.33. The highest BCUT2D eigenvalue weighted by Crippen LogP contribution is 2.30. The molecule has 29 heavy (non-hydrogen) atoms. The molecule has 1 fully saturated rings. The third kappa shape index (κ3) is 4.87. The Balaban J connectivity index is 1.50. The van der Waals surface area contributed by atoms with Gasteiger partial charge in [-0.2, -0.15) is 0 Å². The molecule has 2 amide bonds. The average Bonchev–Trinajstić information content (AvgIpc) is 2.73. The van der Waals surface area contributed by atoms with Gasteiger partial charge in [0.25, 0.3) is 5.91 Å². The zero-order valence-corrected chi connectivity index (χ0v) is 17.0. The van der Waals surface area contributed by atoms with Crippen LogP contribution in [-0.2, 0) is 9.59 Å². The number of carboxylic acid groups (broad SMARTS) is 1. The zero-order chi connectivity index (χ0) is 21.0. The molecule has 3 rings (SSSR count). The third-order valence-electron chi connectivity index (χ3n) is 6.16. The Morgan fingerprint density at radius 3 is 2.59 bits per heavy atom. The van der Waals surface area contributed by atoms with Crippen LogP contribution in [0.4, 0.5) is 5.69 Å². The van der Waals surface area contributed by atoms with Crippen LogP contribution in [0.1, 0.15) is 56.3 Å². The van der Waals surface area contributed by atoms with Crippen molar-refractivity contribution in [2.45, 2.75) is 52.0 Å². The molecule has 1 aliphatic heterocycles. The van der Waals surface area contributed by atoms with Crippen LogP contribution in [0.2, 0.25) is 0 Å². The topological polar surface area (TPSA) is 111 Å². The Bertz CT molecular complexity index is 761. The number of para-hydroxylation sites is 1. The van der Waals surface area contributed by atoms with E-state index >= 15 is 0 Å². The molecule has 0 radical (unpaired) electrons. The number of carboxylic acids is 1. The molecule has 2 atom stereocenters. The first-order chi connectivity index (χ1) is 13.9. The summed E-state index contributed by atoms with van der Waals surface area (Å²) in [6, 6.07) is 6.53. The van der Waals surface area contributed by atoms with Gasteiger partial charge in [-0.05, 0) is 49.7 Å². The molecule has 4 N–H and O–H groups in total. The first-order valence-electron chi connectivity index (χ1n) is 10.4. The lowest BCUT2D eigenvalue weighted by molar-refractivity contribution is -0.144. The number of aliphatic carboxylic acids is 1. The highest BCUT2D eigenvalue weighted by atomic mass is 16.4. The van der Waals surface area contributed by atoms with Crippen LogP contribution in [0, 0.1) is 17.8 Å². The number of nitrogens with zero attached hydrogens (tertiary/aromatic N) is 1. The minimum Gasteiger partial charge on any atom is -0.480 e. The van der Waals surface area contributed by atoms with Gasteiger partial charge in [-0.25, -0.2) is 4.79 Å². The number of hydrogen-bond acceptors (Lipinski definition) is 5. The van der Waals surface area contributed by atoms with E-state index in [0.29, 0.717) is 37.3 Å². The molecule has 0 saturated heterocycles.